The molecule has 0 saturated carbocycles. The van der Waals surface area contributed by atoms with E-state index in [1.54, 1.807) is 7.11 Å². The van der Waals surface area contributed by atoms with Crippen LogP contribution >= 0.6 is 0 Å². The van der Waals surface area contributed by atoms with Gasteiger partial charge in [-0.15, -0.1) is 0 Å². The summed E-state index contributed by atoms with van der Waals surface area (Å²) in [6, 6.07) is 16.0. The molecule has 2 aliphatic heterocycles. The number of rotatable bonds is 3. The first-order valence-electron chi connectivity index (χ1n) is 9.81. The van der Waals surface area contributed by atoms with Gasteiger partial charge in [-0.3, -0.25) is 4.79 Å². The van der Waals surface area contributed by atoms with Crippen LogP contribution in [-0.2, 0) is 0 Å². The number of hydrogen-bond acceptors (Lipinski definition) is 3. The zero-order chi connectivity index (χ0) is 18.9. The van der Waals surface area contributed by atoms with Crippen molar-refractivity contribution in [2.45, 2.75) is 19.3 Å². The monoisotopic (exact) mass is 364 g/mol. The number of piperidine rings is 1. The topological polar surface area (TPSA) is 32.8 Å². The van der Waals surface area contributed by atoms with Crippen LogP contribution in [0.5, 0.6) is 5.75 Å². The van der Waals surface area contributed by atoms with E-state index < -0.39 is 0 Å². The fourth-order valence-corrected chi connectivity index (χ4v) is 4.66. The summed E-state index contributed by atoms with van der Waals surface area (Å²) in [5, 5.41) is 0. The lowest BCUT2D eigenvalue weighted by Crippen LogP contribution is -2.47. The molecular formula is C23H28N2O2. The molecule has 4 heteroatoms. The van der Waals surface area contributed by atoms with Gasteiger partial charge in [-0.1, -0.05) is 24.3 Å². The standard InChI is InChI=1S/C23H28N2O2/c1-24-14-12-23(16-24)11-4-13-25(17-23)22(26)19-9-7-18(8-10-19)20-5-3-6-21(15-20)27-2/h3,5-10,15H,4,11-14,16-17H2,1-2H3/t23-/m1/s1. The number of nitrogens with zero attached hydrogens (tertiary/aromatic N) is 2. The van der Waals surface area contributed by atoms with Crippen molar-refractivity contribution >= 4 is 5.91 Å². The molecule has 0 unspecified atom stereocenters. The maximum absolute atomic E-state index is 13.1. The molecule has 4 rings (SSSR count). The molecule has 142 valence electrons. The number of carbonyl (C=O) groups excluding carboxylic acids is 1. The van der Waals surface area contributed by atoms with E-state index in [0.717, 1.165) is 55.0 Å². The van der Waals surface area contributed by atoms with Crippen LogP contribution in [0.25, 0.3) is 11.1 Å². The largest absolute Gasteiger partial charge is 0.497 e. The molecule has 4 nitrogen and oxygen atoms in total. The summed E-state index contributed by atoms with van der Waals surface area (Å²) < 4.78 is 5.31. The van der Waals surface area contributed by atoms with Gasteiger partial charge in [-0.2, -0.15) is 0 Å². The SMILES string of the molecule is COc1cccc(-c2ccc(C(=O)N3CCC[C@]4(CCN(C)C4)C3)cc2)c1. The molecule has 2 saturated heterocycles. The summed E-state index contributed by atoms with van der Waals surface area (Å²) in [5.41, 5.74) is 3.28. The second-order valence-corrected chi connectivity index (χ2v) is 8.13. The van der Waals surface area contributed by atoms with Crippen LogP contribution in [0.15, 0.2) is 48.5 Å². The lowest BCUT2D eigenvalue weighted by Gasteiger charge is -2.40. The highest BCUT2D eigenvalue weighted by atomic mass is 16.5. The maximum atomic E-state index is 13.1. The highest BCUT2D eigenvalue weighted by Gasteiger charge is 2.41. The van der Waals surface area contributed by atoms with Crippen LogP contribution in [0, 0.1) is 5.41 Å². The van der Waals surface area contributed by atoms with Crippen molar-refractivity contribution in [2.75, 3.05) is 40.3 Å². The van der Waals surface area contributed by atoms with E-state index in [1.165, 1.54) is 12.8 Å². The summed E-state index contributed by atoms with van der Waals surface area (Å²) >= 11 is 0. The summed E-state index contributed by atoms with van der Waals surface area (Å²) in [5.74, 6) is 1.01. The third kappa shape index (κ3) is 3.72. The number of hydrogen-bond donors (Lipinski definition) is 0. The molecule has 0 aliphatic carbocycles. The van der Waals surface area contributed by atoms with Gasteiger partial charge in [-0.05, 0) is 68.2 Å². The van der Waals surface area contributed by atoms with Crippen molar-refractivity contribution in [3.8, 4) is 16.9 Å². The first-order valence-corrected chi connectivity index (χ1v) is 9.81. The Bertz CT molecular complexity index is 813. The zero-order valence-corrected chi connectivity index (χ0v) is 16.3. The predicted molar refractivity (Wildman–Crippen MR) is 108 cm³/mol. The smallest absolute Gasteiger partial charge is 0.253 e. The third-order valence-corrected chi connectivity index (χ3v) is 6.11. The number of methoxy groups -OCH3 is 1. The number of benzene rings is 2. The first-order chi connectivity index (χ1) is 13.1. The Morgan fingerprint density at radius 3 is 2.52 bits per heavy atom. The second-order valence-electron chi connectivity index (χ2n) is 8.13. The molecule has 27 heavy (non-hydrogen) atoms. The van der Waals surface area contributed by atoms with Crippen molar-refractivity contribution < 1.29 is 9.53 Å². The van der Waals surface area contributed by atoms with Gasteiger partial charge in [-0.25, -0.2) is 0 Å². The number of amides is 1. The molecule has 2 fully saturated rings. The Morgan fingerprint density at radius 1 is 1.00 bits per heavy atom. The Hall–Kier alpha value is -2.33. The maximum Gasteiger partial charge on any atom is 0.253 e. The zero-order valence-electron chi connectivity index (χ0n) is 16.3. The molecule has 2 aromatic carbocycles. The van der Waals surface area contributed by atoms with E-state index in [1.807, 2.05) is 42.5 Å². The summed E-state index contributed by atoms with van der Waals surface area (Å²) in [4.78, 5) is 17.5. The molecule has 0 bridgehead atoms. The molecule has 2 aromatic rings. The van der Waals surface area contributed by atoms with Crippen LogP contribution in [-0.4, -0.2) is 56.0 Å². The minimum atomic E-state index is 0.167. The highest BCUT2D eigenvalue weighted by molar-refractivity contribution is 5.94. The van der Waals surface area contributed by atoms with Gasteiger partial charge in [0.05, 0.1) is 7.11 Å². The minimum absolute atomic E-state index is 0.167. The molecule has 0 radical (unpaired) electrons. The second kappa shape index (κ2) is 7.35. The van der Waals surface area contributed by atoms with E-state index in [0.29, 0.717) is 5.41 Å². The number of likely N-dealkylation sites (tertiary alicyclic amines) is 2. The van der Waals surface area contributed by atoms with Crippen molar-refractivity contribution in [2.24, 2.45) is 5.41 Å². The summed E-state index contributed by atoms with van der Waals surface area (Å²) in [6.07, 6.45) is 3.57. The fraction of sp³-hybridized carbons (Fsp3) is 0.435. The fourth-order valence-electron chi connectivity index (χ4n) is 4.66. The highest BCUT2D eigenvalue weighted by Crippen LogP contribution is 2.38. The lowest BCUT2D eigenvalue weighted by molar-refractivity contribution is 0.0534. The van der Waals surface area contributed by atoms with E-state index in [-0.39, 0.29) is 5.91 Å². The molecule has 1 spiro atoms. The van der Waals surface area contributed by atoms with Crippen LogP contribution < -0.4 is 4.74 Å². The molecule has 2 aliphatic rings. The van der Waals surface area contributed by atoms with Crippen molar-refractivity contribution in [1.29, 1.82) is 0 Å². The summed E-state index contributed by atoms with van der Waals surface area (Å²) in [6.45, 7) is 4.04. The molecule has 2 heterocycles. The average molecular weight is 364 g/mol. The lowest BCUT2D eigenvalue weighted by atomic mass is 9.79. The third-order valence-electron chi connectivity index (χ3n) is 6.11. The van der Waals surface area contributed by atoms with Gasteiger partial charge in [0, 0.05) is 30.6 Å². The normalized spacial score (nSPS) is 23.0. The van der Waals surface area contributed by atoms with Gasteiger partial charge in [0.15, 0.2) is 0 Å². The first kappa shape index (κ1) is 18.1. The molecule has 0 N–H and O–H groups in total. The van der Waals surface area contributed by atoms with E-state index >= 15 is 0 Å². The quantitative estimate of drug-likeness (QED) is 0.828. The van der Waals surface area contributed by atoms with Gasteiger partial charge >= 0.3 is 0 Å². The molecule has 1 atom stereocenters. The Morgan fingerprint density at radius 2 is 1.81 bits per heavy atom. The molecule has 0 aromatic heterocycles. The van der Waals surface area contributed by atoms with Gasteiger partial charge in [0.2, 0.25) is 0 Å². The average Bonchev–Trinajstić information content (AvgIpc) is 3.07. The Kier molecular flexibility index (Phi) is 4.92. The van der Waals surface area contributed by atoms with Crippen LogP contribution in [0.1, 0.15) is 29.6 Å². The predicted octanol–water partition coefficient (Wildman–Crippen LogP) is 3.92. The van der Waals surface area contributed by atoms with Gasteiger partial charge in [0.25, 0.3) is 5.91 Å². The number of ether oxygens (including phenoxy) is 1. The van der Waals surface area contributed by atoms with Crippen molar-refractivity contribution in [1.82, 2.24) is 9.80 Å². The van der Waals surface area contributed by atoms with Crippen molar-refractivity contribution in [3.63, 3.8) is 0 Å². The van der Waals surface area contributed by atoms with Gasteiger partial charge in [0.1, 0.15) is 5.75 Å². The van der Waals surface area contributed by atoms with Crippen LogP contribution in [0.2, 0.25) is 0 Å². The van der Waals surface area contributed by atoms with E-state index in [2.05, 4.69) is 22.9 Å². The number of carbonyl (C=O) groups is 1. The van der Waals surface area contributed by atoms with Gasteiger partial charge < -0.3 is 14.5 Å². The molecular weight excluding hydrogens is 336 g/mol. The minimum Gasteiger partial charge on any atom is -0.497 e. The van der Waals surface area contributed by atoms with E-state index in [9.17, 15) is 4.79 Å². The van der Waals surface area contributed by atoms with E-state index in [4.69, 9.17) is 4.74 Å². The Labute approximate surface area is 161 Å². The van der Waals surface area contributed by atoms with Crippen molar-refractivity contribution in [3.05, 3.63) is 54.1 Å². The molecule has 1 amide bonds. The Balaban J connectivity index is 1.49. The van der Waals surface area contributed by atoms with Crippen LogP contribution in [0.4, 0.5) is 0 Å². The summed E-state index contributed by atoms with van der Waals surface area (Å²) in [7, 11) is 3.86. The van der Waals surface area contributed by atoms with Crippen LogP contribution in [0.3, 0.4) is 0 Å².